The van der Waals surface area contributed by atoms with E-state index in [4.69, 9.17) is 0 Å². The molecule has 4 rings (SSSR count). The van der Waals surface area contributed by atoms with Gasteiger partial charge in [-0.2, -0.15) is 5.10 Å². The van der Waals surface area contributed by atoms with E-state index in [1.807, 2.05) is 0 Å². The van der Waals surface area contributed by atoms with Gasteiger partial charge in [-0.05, 0) is 36.8 Å². The zero-order valence-electron chi connectivity index (χ0n) is 13.6. The molecule has 0 spiro atoms. The number of hydrogen-bond donors (Lipinski definition) is 1. The third-order valence-electron chi connectivity index (χ3n) is 4.22. The second-order valence-electron chi connectivity index (χ2n) is 5.80. The Balaban J connectivity index is 1.91. The van der Waals surface area contributed by atoms with Crippen molar-refractivity contribution in [1.29, 1.82) is 0 Å². The number of imide groups is 1. The second kappa shape index (κ2) is 5.62. The summed E-state index contributed by atoms with van der Waals surface area (Å²) in [4.78, 5) is 42.1. The van der Waals surface area contributed by atoms with Crippen LogP contribution in [0.3, 0.4) is 0 Å². The molecule has 1 aliphatic rings. The summed E-state index contributed by atoms with van der Waals surface area (Å²) in [5.74, 6) is -2.32. The van der Waals surface area contributed by atoms with Crippen molar-refractivity contribution < 1.29 is 19.5 Å². The van der Waals surface area contributed by atoms with Gasteiger partial charge in [0.2, 0.25) is 0 Å². The minimum atomic E-state index is -1.25. The molecule has 2 aromatic carbocycles. The molecule has 2 heterocycles. The number of carbonyl (C=O) groups excluding carboxylic acids is 2. The number of aryl methyl sites for hydroxylation is 1. The fourth-order valence-corrected chi connectivity index (χ4v) is 3.09. The van der Waals surface area contributed by atoms with Crippen LogP contribution in [0, 0.1) is 6.92 Å². The summed E-state index contributed by atoms with van der Waals surface area (Å²) in [6.07, 6.45) is 2.76. The summed E-state index contributed by atoms with van der Waals surface area (Å²) in [5.41, 5.74) is 1.35. The maximum Gasteiger partial charge on any atom is 0.337 e. The molecule has 0 fully saturated rings. The van der Waals surface area contributed by atoms with Gasteiger partial charge in [-0.25, -0.2) is 19.4 Å². The monoisotopic (exact) mass is 348 g/mol. The standard InChI is InChI=1S/C18H12N4O4/c1-10-6-11(21-9-19-8-20-21)7-14(18(25)26)15(10)22-16(23)12-4-2-3-5-13(12)17(22)24/h2-9H,1H3,(H,25,26). The lowest BCUT2D eigenvalue weighted by Crippen LogP contribution is -2.32. The van der Waals surface area contributed by atoms with Crippen molar-refractivity contribution in [3.8, 4) is 5.69 Å². The number of aromatic carboxylic acids is 1. The lowest BCUT2D eigenvalue weighted by molar-refractivity contribution is 0.0697. The minimum Gasteiger partial charge on any atom is -0.478 e. The molecular weight excluding hydrogens is 336 g/mol. The van der Waals surface area contributed by atoms with E-state index >= 15 is 0 Å². The Morgan fingerprint density at radius 2 is 1.73 bits per heavy atom. The molecule has 0 radical (unpaired) electrons. The van der Waals surface area contributed by atoms with Gasteiger partial charge >= 0.3 is 5.97 Å². The van der Waals surface area contributed by atoms with Crippen molar-refractivity contribution in [3.63, 3.8) is 0 Å². The molecular formula is C18H12N4O4. The van der Waals surface area contributed by atoms with Gasteiger partial charge in [0.05, 0.1) is 28.1 Å². The molecule has 128 valence electrons. The number of nitrogens with zero attached hydrogens (tertiary/aromatic N) is 4. The number of carbonyl (C=O) groups is 3. The molecule has 8 nitrogen and oxygen atoms in total. The van der Waals surface area contributed by atoms with E-state index in [9.17, 15) is 19.5 Å². The Hall–Kier alpha value is -3.81. The van der Waals surface area contributed by atoms with Crippen LogP contribution in [0.1, 0.15) is 36.6 Å². The van der Waals surface area contributed by atoms with Gasteiger partial charge in [0.15, 0.2) is 0 Å². The van der Waals surface area contributed by atoms with Crippen LogP contribution in [0.5, 0.6) is 0 Å². The number of hydrogen-bond acceptors (Lipinski definition) is 5. The second-order valence-corrected chi connectivity index (χ2v) is 5.80. The zero-order chi connectivity index (χ0) is 18.4. The van der Waals surface area contributed by atoms with Crippen molar-refractivity contribution in [2.75, 3.05) is 4.90 Å². The zero-order valence-corrected chi connectivity index (χ0v) is 13.6. The number of carboxylic acid groups (broad SMARTS) is 1. The van der Waals surface area contributed by atoms with Gasteiger partial charge in [-0.1, -0.05) is 12.1 Å². The van der Waals surface area contributed by atoms with Crippen LogP contribution in [0.2, 0.25) is 0 Å². The minimum absolute atomic E-state index is 0.0626. The molecule has 2 amide bonds. The van der Waals surface area contributed by atoms with Crippen LogP contribution in [0.15, 0.2) is 49.1 Å². The smallest absolute Gasteiger partial charge is 0.337 e. The van der Waals surface area contributed by atoms with E-state index in [-0.39, 0.29) is 22.4 Å². The average Bonchev–Trinajstić information content (AvgIpc) is 3.24. The number of amides is 2. The van der Waals surface area contributed by atoms with Crippen molar-refractivity contribution in [3.05, 3.63) is 71.3 Å². The molecule has 3 aromatic rings. The molecule has 1 aromatic heterocycles. The Kier molecular flexibility index (Phi) is 3.40. The van der Waals surface area contributed by atoms with Crippen LogP contribution in [-0.4, -0.2) is 37.7 Å². The van der Waals surface area contributed by atoms with Gasteiger partial charge in [-0.3, -0.25) is 9.59 Å². The van der Waals surface area contributed by atoms with E-state index in [0.717, 1.165) is 4.90 Å². The first-order chi connectivity index (χ1) is 12.5. The number of aromatic nitrogens is 3. The van der Waals surface area contributed by atoms with Crippen LogP contribution in [0.25, 0.3) is 5.69 Å². The van der Waals surface area contributed by atoms with Gasteiger partial charge in [-0.15, -0.1) is 0 Å². The summed E-state index contributed by atoms with van der Waals surface area (Å²) in [5, 5.41) is 13.7. The number of rotatable bonds is 3. The molecule has 0 atom stereocenters. The maximum atomic E-state index is 12.7. The van der Waals surface area contributed by atoms with E-state index in [2.05, 4.69) is 10.1 Å². The summed E-state index contributed by atoms with van der Waals surface area (Å²) >= 11 is 0. The quantitative estimate of drug-likeness (QED) is 0.727. The topological polar surface area (TPSA) is 105 Å². The largest absolute Gasteiger partial charge is 0.478 e. The van der Waals surface area contributed by atoms with Gasteiger partial charge in [0, 0.05) is 0 Å². The van der Waals surface area contributed by atoms with Gasteiger partial charge in [0.1, 0.15) is 12.7 Å². The maximum absolute atomic E-state index is 12.7. The summed E-state index contributed by atoms with van der Waals surface area (Å²) < 4.78 is 1.41. The van der Waals surface area contributed by atoms with Crippen LogP contribution in [-0.2, 0) is 0 Å². The predicted molar refractivity (Wildman–Crippen MR) is 90.6 cm³/mol. The first kappa shape index (κ1) is 15.7. The average molecular weight is 348 g/mol. The number of benzene rings is 2. The van der Waals surface area contributed by atoms with Crippen LogP contribution < -0.4 is 4.90 Å². The highest BCUT2D eigenvalue weighted by atomic mass is 16.4. The number of fused-ring (bicyclic) bond motifs is 1. The SMILES string of the molecule is Cc1cc(-n2cncn2)cc(C(=O)O)c1N1C(=O)c2ccccc2C1=O. The Bertz CT molecular complexity index is 1040. The fraction of sp³-hybridized carbons (Fsp3) is 0.0556. The highest BCUT2D eigenvalue weighted by Gasteiger charge is 2.39. The lowest BCUT2D eigenvalue weighted by Gasteiger charge is -2.20. The lowest BCUT2D eigenvalue weighted by atomic mass is 10.0. The molecule has 0 bridgehead atoms. The van der Waals surface area contributed by atoms with Crippen LogP contribution in [0.4, 0.5) is 5.69 Å². The van der Waals surface area contributed by atoms with Crippen molar-refractivity contribution in [2.24, 2.45) is 0 Å². The van der Waals surface area contributed by atoms with Crippen LogP contribution >= 0.6 is 0 Å². The van der Waals surface area contributed by atoms with Gasteiger partial charge < -0.3 is 5.11 Å². The third kappa shape index (κ3) is 2.20. The van der Waals surface area contributed by atoms with E-state index in [0.29, 0.717) is 11.3 Å². The molecule has 1 N–H and O–H groups in total. The number of carboxylic acids is 1. The summed E-state index contributed by atoms with van der Waals surface area (Å²) in [6.45, 7) is 1.64. The van der Waals surface area contributed by atoms with Crippen molar-refractivity contribution in [1.82, 2.24) is 14.8 Å². The van der Waals surface area contributed by atoms with Gasteiger partial charge in [0.25, 0.3) is 11.8 Å². The first-order valence-corrected chi connectivity index (χ1v) is 7.70. The Labute approximate surface area is 147 Å². The molecule has 1 aliphatic heterocycles. The van der Waals surface area contributed by atoms with E-state index in [1.165, 1.54) is 23.4 Å². The molecule has 0 unspecified atom stereocenters. The fourth-order valence-electron chi connectivity index (χ4n) is 3.09. The predicted octanol–water partition coefficient (Wildman–Crippen LogP) is 2.07. The Morgan fingerprint density at radius 3 is 2.27 bits per heavy atom. The highest BCUT2D eigenvalue weighted by Crippen LogP contribution is 2.34. The van der Waals surface area contributed by atoms with Crippen molar-refractivity contribution in [2.45, 2.75) is 6.92 Å². The molecule has 0 aliphatic carbocycles. The van der Waals surface area contributed by atoms with E-state index < -0.39 is 17.8 Å². The van der Waals surface area contributed by atoms with E-state index in [1.54, 1.807) is 37.3 Å². The third-order valence-corrected chi connectivity index (χ3v) is 4.22. The summed E-state index contributed by atoms with van der Waals surface area (Å²) in [6, 6.07) is 9.44. The Morgan fingerprint density at radius 1 is 1.08 bits per heavy atom. The normalized spacial score (nSPS) is 13.2. The molecule has 26 heavy (non-hydrogen) atoms. The molecule has 8 heteroatoms. The molecule has 0 saturated heterocycles. The highest BCUT2D eigenvalue weighted by molar-refractivity contribution is 6.35. The molecule has 0 saturated carbocycles. The number of anilines is 1. The van der Waals surface area contributed by atoms with Crippen molar-refractivity contribution >= 4 is 23.5 Å². The first-order valence-electron chi connectivity index (χ1n) is 7.70. The summed E-state index contributed by atoms with van der Waals surface area (Å²) in [7, 11) is 0.